The van der Waals surface area contributed by atoms with Gasteiger partial charge in [0.2, 0.25) is 0 Å². The molecule has 0 spiro atoms. The number of esters is 1. The van der Waals surface area contributed by atoms with E-state index in [1.165, 1.54) is 11.6 Å². The van der Waals surface area contributed by atoms with Gasteiger partial charge in [-0.05, 0) is 73.9 Å². The van der Waals surface area contributed by atoms with Crippen LogP contribution in [0.4, 0.5) is 0 Å². The summed E-state index contributed by atoms with van der Waals surface area (Å²) in [6.07, 6.45) is 1.83. The number of carbonyl (C=O) groups is 3. The molecule has 192 valence electrons. The van der Waals surface area contributed by atoms with E-state index >= 15 is 0 Å². The van der Waals surface area contributed by atoms with Gasteiger partial charge in [0, 0.05) is 11.1 Å². The standard InChI is InChI=1S/C24H20O5.C4H8.C3H4O/c1-16(2)24(26)29-21-11-4-17(5-12-21)19-8-13-22(23(14-19)28-15-25)18-6-9-20(27-3)10-7-18;1-4(2)3;1-2-3-4/h4-15H,1H2,2-3H3;1H2,2-3H3;2-3H,1H2. The van der Waals surface area contributed by atoms with Crippen molar-refractivity contribution >= 4 is 18.7 Å². The predicted octanol–water partition coefficient (Wildman–Crippen LogP) is 7.00. The fourth-order valence-corrected chi connectivity index (χ4v) is 2.77. The summed E-state index contributed by atoms with van der Waals surface area (Å²) in [5.41, 5.74) is 4.93. The van der Waals surface area contributed by atoms with Gasteiger partial charge in [-0.15, -0.1) is 6.58 Å². The number of rotatable bonds is 8. The molecule has 0 aromatic heterocycles. The topological polar surface area (TPSA) is 78.9 Å². The number of hydrogen-bond donors (Lipinski definition) is 0. The van der Waals surface area contributed by atoms with Crippen LogP contribution in [0.5, 0.6) is 17.2 Å². The van der Waals surface area contributed by atoms with E-state index in [2.05, 4.69) is 19.7 Å². The molecule has 3 rings (SSSR count). The first-order valence-corrected chi connectivity index (χ1v) is 11.2. The van der Waals surface area contributed by atoms with Crippen molar-refractivity contribution in [3.63, 3.8) is 0 Å². The quantitative estimate of drug-likeness (QED) is 0.109. The third-order valence-corrected chi connectivity index (χ3v) is 4.40. The lowest BCUT2D eigenvalue weighted by Crippen LogP contribution is -2.07. The van der Waals surface area contributed by atoms with Crippen molar-refractivity contribution in [3.8, 4) is 39.5 Å². The average Bonchev–Trinajstić information content (AvgIpc) is 2.89. The molecule has 0 radical (unpaired) electrons. The molecule has 0 saturated heterocycles. The van der Waals surface area contributed by atoms with Gasteiger partial charge in [-0.2, -0.15) is 0 Å². The summed E-state index contributed by atoms with van der Waals surface area (Å²) in [7, 11) is 1.61. The van der Waals surface area contributed by atoms with E-state index in [-0.39, 0.29) is 0 Å². The van der Waals surface area contributed by atoms with E-state index < -0.39 is 5.97 Å². The summed E-state index contributed by atoms with van der Waals surface area (Å²) in [5.74, 6) is 1.15. The fourth-order valence-electron chi connectivity index (χ4n) is 2.77. The zero-order valence-electron chi connectivity index (χ0n) is 21.7. The molecule has 0 amide bonds. The van der Waals surface area contributed by atoms with Crippen molar-refractivity contribution in [1.29, 1.82) is 0 Å². The second-order valence-corrected chi connectivity index (χ2v) is 7.93. The van der Waals surface area contributed by atoms with Crippen LogP contribution in [0.15, 0.2) is 104 Å². The number of carbonyl (C=O) groups excluding carboxylic acids is 3. The molecule has 0 N–H and O–H groups in total. The molecule has 0 heterocycles. The fraction of sp³-hybridized carbons (Fsp3) is 0.129. The molecule has 0 aliphatic carbocycles. The monoisotopic (exact) mass is 500 g/mol. The molecule has 0 bridgehead atoms. The largest absolute Gasteiger partial charge is 0.497 e. The van der Waals surface area contributed by atoms with Gasteiger partial charge in [0.15, 0.2) is 0 Å². The molecular formula is C31H32O6. The number of benzene rings is 3. The minimum absolute atomic E-state index is 0.332. The zero-order chi connectivity index (χ0) is 27.8. The Morgan fingerprint density at radius 2 is 1.27 bits per heavy atom. The first kappa shape index (κ1) is 30.3. The number of allylic oxidation sites excluding steroid dienone is 2. The first-order chi connectivity index (χ1) is 17.7. The van der Waals surface area contributed by atoms with Crippen LogP contribution in [-0.2, 0) is 14.4 Å². The van der Waals surface area contributed by atoms with Crippen LogP contribution in [0.25, 0.3) is 22.3 Å². The summed E-state index contributed by atoms with van der Waals surface area (Å²) in [4.78, 5) is 31.7. The Bertz CT molecular complexity index is 1210. The lowest BCUT2D eigenvalue weighted by molar-refractivity contribution is -0.130. The Kier molecular flexibility index (Phi) is 13.2. The average molecular weight is 501 g/mol. The molecule has 37 heavy (non-hydrogen) atoms. The Labute approximate surface area is 218 Å². The SMILES string of the molecule is C=C(C)C.C=C(C)C(=O)Oc1ccc(-c2ccc(-c3ccc(OC)cc3)c(OC=O)c2)cc1.C=CC=O. The maximum Gasteiger partial charge on any atom is 0.338 e. The summed E-state index contributed by atoms with van der Waals surface area (Å²) < 4.78 is 15.6. The van der Waals surface area contributed by atoms with Gasteiger partial charge in [-0.3, -0.25) is 9.59 Å². The maximum absolute atomic E-state index is 11.6. The molecule has 3 aromatic carbocycles. The molecule has 0 saturated carbocycles. The van der Waals surface area contributed by atoms with Gasteiger partial charge in [0.25, 0.3) is 6.47 Å². The van der Waals surface area contributed by atoms with Crippen LogP contribution in [0, 0.1) is 0 Å². The molecule has 0 atom stereocenters. The van der Waals surface area contributed by atoms with Crippen LogP contribution in [0.1, 0.15) is 20.8 Å². The number of hydrogen-bond acceptors (Lipinski definition) is 6. The second kappa shape index (κ2) is 16.1. The van der Waals surface area contributed by atoms with E-state index in [1.54, 1.807) is 32.2 Å². The number of methoxy groups -OCH3 is 1. The van der Waals surface area contributed by atoms with Gasteiger partial charge in [-0.25, -0.2) is 4.79 Å². The lowest BCUT2D eigenvalue weighted by atomic mass is 9.99. The van der Waals surface area contributed by atoms with Gasteiger partial charge in [0.05, 0.1) is 7.11 Å². The minimum atomic E-state index is -0.469. The summed E-state index contributed by atoms with van der Waals surface area (Å²) in [6.45, 7) is 16.2. The highest BCUT2D eigenvalue weighted by molar-refractivity contribution is 5.88. The first-order valence-electron chi connectivity index (χ1n) is 11.2. The molecule has 3 aromatic rings. The van der Waals surface area contributed by atoms with Crippen LogP contribution in [-0.4, -0.2) is 25.8 Å². The second-order valence-electron chi connectivity index (χ2n) is 7.93. The van der Waals surface area contributed by atoms with Gasteiger partial charge >= 0.3 is 5.97 Å². The third kappa shape index (κ3) is 10.6. The highest BCUT2D eigenvalue weighted by Gasteiger charge is 2.11. The Hall–Kier alpha value is -4.71. The Morgan fingerprint density at radius 1 is 0.784 bits per heavy atom. The van der Waals surface area contributed by atoms with E-state index in [1.807, 2.05) is 62.4 Å². The minimum Gasteiger partial charge on any atom is -0.497 e. The van der Waals surface area contributed by atoms with Gasteiger partial charge < -0.3 is 14.2 Å². The molecular weight excluding hydrogens is 468 g/mol. The smallest absolute Gasteiger partial charge is 0.338 e. The molecule has 0 fully saturated rings. The summed E-state index contributed by atoms with van der Waals surface area (Å²) >= 11 is 0. The highest BCUT2D eigenvalue weighted by Crippen LogP contribution is 2.35. The molecule has 0 aliphatic heterocycles. The normalized spacial score (nSPS) is 9.19. The van der Waals surface area contributed by atoms with E-state index in [9.17, 15) is 9.59 Å². The molecule has 6 nitrogen and oxygen atoms in total. The van der Waals surface area contributed by atoms with Crippen molar-refractivity contribution in [2.45, 2.75) is 20.8 Å². The van der Waals surface area contributed by atoms with Crippen molar-refractivity contribution in [1.82, 2.24) is 0 Å². The highest BCUT2D eigenvalue weighted by atomic mass is 16.5. The van der Waals surface area contributed by atoms with Gasteiger partial charge in [-0.1, -0.05) is 55.1 Å². The van der Waals surface area contributed by atoms with Crippen molar-refractivity contribution in [2.24, 2.45) is 0 Å². The van der Waals surface area contributed by atoms with E-state index in [4.69, 9.17) is 19.0 Å². The molecule has 0 aliphatic rings. The Morgan fingerprint density at radius 3 is 1.73 bits per heavy atom. The Balaban J connectivity index is 0.000000751. The van der Waals surface area contributed by atoms with Crippen LogP contribution < -0.4 is 14.2 Å². The van der Waals surface area contributed by atoms with Crippen LogP contribution in [0.3, 0.4) is 0 Å². The third-order valence-electron chi connectivity index (χ3n) is 4.40. The van der Waals surface area contributed by atoms with Crippen LogP contribution in [0.2, 0.25) is 0 Å². The van der Waals surface area contributed by atoms with Crippen molar-refractivity contribution in [2.75, 3.05) is 7.11 Å². The van der Waals surface area contributed by atoms with E-state index in [0.717, 1.165) is 28.0 Å². The summed E-state index contributed by atoms with van der Waals surface area (Å²) in [6, 6.07) is 20.2. The predicted molar refractivity (Wildman–Crippen MR) is 148 cm³/mol. The van der Waals surface area contributed by atoms with Crippen molar-refractivity contribution < 1.29 is 28.6 Å². The zero-order valence-corrected chi connectivity index (χ0v) is 21.7. The maximum atomic E-state index is 11.6. The number of ether oxygens (including phenoxy) is 3. The van der Waals surface area contributed by atoms with Crippen molar-refractivity contribution in [3.05, 3.63) is 104 Å². The summed E-state index contributed by atoms with van der Waals surface area (Å²) in [5, 5.41) is 0. The molecule has 0 unspecified atom stereocenters. The van der Waals surface area contributed by atoms with E-state index in [0.29, 0.717) is 29.8 Å². The number of aldehydes is 1. The van der Waals surface area contributed by atoms with Gasteiger partial charge in [0.1, 0.15) is 23.5 Å². The molecule has 6 heteroatoms. The lowest BCUT2D eigenvalue weighted by Gasteiger charge is -2.11. The van der Waals surface area contributed by atoms with Crippen LogP contribution >= 0.6 is 0 Å².